The molecule has 2 aromatic rings. The first-order chi connectivity index (χ1) is 14.2. The molecule has 1 aliphatic rings. The zero-order chi connectivity index (χ0) is 21.9. The molecule has 1 saturated heterocycles. The van der Waals surface area contributed by atoms with Gasteiger partial charge in [-0.1, -0.05) is 6.92 Å². The number of anilines is 2. The third-order valence-corrected chi connectivity index (χ3v) is 7.16. The largest absolute Gasteiger partial charge is 0.369 e. The second-order valence-corrected chi connectivity index (χ2v) is 9.49. The molecule has 3 rings (SSSR count). The van der Waals surface area contributed by atoms with Crippen molar-refractivity contribution < 1.29 is 17.6 Å². The SMILES string of the molecule is CCCN(C(C)=O)c1cc(N2CCN(C)CC2)ccc1S(=O)(=O)c1ccc(F)cc1. The molecule has 162 valence electrons. The summed E-state index contributed by atoms with van der Waals surface area (Å²) >= 11 is 0. The van der Waals surface area contributed by atoms with Crippen molar-refractivity contribution in [3.63, 3.8) is 0 Å². The van der Waals surface area contributed by atoms with Crippen LogP contribution in [0.5, 0.6) is 0 Å². The second-order valence-electron chi connectivity index (χ2n) is 7.57. The Morgan fingerprint density at radius 1 is 1.07 bits per heavy atom. The molecule has 30 heavy (non-hydrogen) atoms. The van der Waals surface area contributed by atoms with Gasteiger partial charge in [0.1, 0.15) is 5.82 Å². The van der Waals surface area contributed by atoms with Crippen LogP contribution in [0.1, 0.15) is 20.3 Å². The van der Waals surface area contributed by atoms with Crippen LogP contribution in [0.2, 0.25) is 0 Å². The van der Waals surface area contributed by atoms with Crippen LogP contribution in [-0.4, -0.2) is 59.0 Å². The summed E-state index contributed by atoms with van der Waals surface area (Å²) in [6, 6.07) is 9.89. The Morgan fingerprint density at radius 2 is 1.70 bits per heavy atom. The normalized spacial score (nSPS) is 15.3. The molecule has 0 N–H and O–H groups in total. The molecule has 0 spiro atoms. The average Bonchev–Trinajstić information content (AvgIpc) is 2.72. The van der Waals surface area contributed by atoms with E-state index in [0.717, 1.165) is 44.0 Å². The fourth-order valence-electron chi connectivity index (χ4n) is 3.62. The molecule has 1 amide bonds. The number of sulfone groups is 1. The minimum atomic E-state index is -3.93. The fourth-order valence-corrected chi connectivity index (χ4v) is 5.06. The zero-order valence-electron chi connectivity index (χ0n) is 17.6. The number of halogens is 1. The van der Waals surface area contributed by atoms with E-state index in [0.29, 0.717) is 18.7 Å². The standard InChI is InChI=1S/C22H28FN3O3S/c1-4-11-26(17(2)27)21-16-19(25-14-12-24(3)13-15-25)7-10-22(21)30(28,29)20-8-5-18(23)6-9-20/h5-10,16H,4,11-15H2,1-3H3. The number of nitrogens with zero attached hydrogens (tertiary/aromatic N) is 3. The molecule has 0 aliphatic carbocycles. The van der Waals surface area contributed by atoms with Crippen LogP contribution in [0.4, 0.5) is 15.8 Å². The smallest absolute Gasteiger partial charge is 0.223 e. The monoisotopic (exact) mass is 433 g/mol. The lowest BCUT2D eigenvalue weighted by molar-refractivity contribution is -0.116. The predicted molar refractivity (Wildman–Crippen MR) is 116 cm³/mol. The highest BCUT2D eigenvalue weighted by atomic mass is 32.2. The van der Waals surface area contributed by atoms with Crippen molar-refractivity contribution in [1.29, 1.82) is 0 Å². The molecular weight excluding hydrogens is 405 g/mol. The van der Waals surface area contributed by atoms with Crippen LogP contribution < -0.4 is 9.80 Å². The van der Waals surface area contributed by atoms with Gasteiger partial charge in [-0.15, -0.1) is 0 Å². The highest BCUT2D eigenvalue weighted by molar-refractivity contribution is 7.91. The molecule has 6 nitrogen and oxygen atoms in total. The fraction of sp³-hybridized carbons (Fsp3) is 0.409. The summed E-state index contributed by atoms with van der Waals surface area (Å²) in [6.45, 7) is 7.27. The average molecular weight is 434 g/mol. The van der Waals surface area contributed by atoms with Crippen LogP contribution in [0.15, 0.2) is 52.3 Å². The molecule has 1 fully saturated rings. The van der Waals surface area contributed by atoms with Crippen molar-refractivity contribution in [2.45, 2.75) is 30.1 Å². The van der Waals surface area contributed by atoms with Crippen LogP contribution in [0.3, 0.4) is 0 Å². The third kappa shape index (κ3) is 4.65. The topological polar surface area (TPSA) is 60.9 Å². The van der Waals surface area contributed by atoms with Crippen molar-refractivity contribution >= 4 is 27.1 Å². The quantitative estimate of drug-likeness (QED) is 0.655. The minimum Gasteiger partial charge on any atom is -0.369 e. The van der Waals surface area contributed by atoms with E-state index in [1.54, 1.807) is 18.2 Å². The van der Waals surface area contributed by atoms with Gasteiger partial charge in [0.25, 0.3) is 0 Å². The summed E-state index contributed by atoms with van der Waals surface area (Å²) in [4.78, 5) is 18.4. The van der Waals surface area contributed by atoms with Crippen molar-refractivity contribution in [3.8, 4) is 0 Å². The second kappa shape index (κ2) is 9.14. The van der Waals surface area contributed by atoms with Gasteiger partial charge in [-0.05, 0) is 55.9 Å². The zero-order valence-corrected chi connectivity index (χ0v) is 18.5. The maximum Gasteiger partial charge on any atom is 0.223 e. The van der Waals surface area contributed by atoms with Crippen LogP contribution in [0.25, 0.3) is 0 Å². The predicted octanol–water partition coefficient (Wildman–Crippen LogP) is 3.17. The molecule has 0 bridgehead atoms. The lowest BCUT2D eigenvalue weighted by Crippen LogP contribution is -2.44. The maximum absolute atomic E-state index is 13.3. The molecular formula is C22H28FN3O3S. The summed E-state index contributed by atoms with van der Waals surface area (Å²) in [5, 5.41) is 0. The molecule has 2 aromatic carbocycles. The molecule has 0 unspecified atom stereocenters. The van der Waals surface area contributed by atoms with Gasteiger partial charge in [0.2, 0.25) is 15.7 Å². The molecule has 0 saturated carbocycles. The van der Waals surface area contributed by atoms with Crippen molar-refractivity contribution in [2.75, 3.05) is 49.6 Å². The lowest BCUT2D eigenvalue weighted by atomic mass is 10.2. The Kier molecular flexibility index (Phi) is 6.77. The van der Waals surface area contributed by atoms with E-state index in [9.17, 15) is 17.6 Å². The van der Waals surface area contributed by atoms with Crippen molar-refractivity contribution in [1.82, 2.24) is 4.90 Å². The first-order valence-corrected chi connectivity index (χ1v) is 11.6. The van der Waals surface area contributed by atoms with E-state index in [4.69, 9.17) is 0 Å². The highest BCUT2D eigenvalue weighted by Crippen LogP contribution is 2.34. The Balaban J connectivity index is 2.11. The van der Waals surface area contributed by atoms with E-state index in [-0.39, 0.29) is 15.7 Å². The summed E-state index contributed by atoms with van der Waals surface area (Å²) in [6.07, 6.45) is 0.689. The highest BCUT2D eigenvalue weighted by Gasteiger charge is 2.27. The lowest BCUT2D eigenvalue weighted by Gasteiger charge is -2.35. The number of carbonyl (C=O) groups excluding carboxylic acids is 1. The Bertz CT molecular complexity index is 1000. The van der Waals surface area contributed by atoms with E-state index >= 15 is 0 Å². The van der Waals surface area contributed by atoms with Gasteiger partial charge < -0.3 is 14.7 Å². The minimum absolute atomic E-state index is 0.00232. The number of rotatable bonds is 6. The first kappa shape index (κ1) is 22.2. The van der Waals surface area contributed by atoms with Crippen LogP contribution >= 0.6 is 0 Å². The van der Waals surface area contributed by atoms with Crippen LogP contribution in [-0.2, 0) is 14.6 Å². The van der Waals surface area contributed by atoms with Crippen LogP contribution in [0, 0.1) is 5.82 Å². The first-order valence-electron chi connectivity index (χ1n) is 10.1. The van der Waals surface area contributed by atoms with Crippen molar-refractivity contribution in [3.05, 3.63) is 48.3 Å². The van der Waals surface area contributed by atoms with Gasteiger partial charge in [0, 0.05) is 45.3 Å². The number of likely N-dealkylation sites (N-methyl/N-ethyl adjacent to an activating group) is 1. The van der Waals surface area contributed by atoms with Gasteiger partial charge in [-0.3, -0.25) is 4.79 Å². The summed E-state index contributed by atoms with van der Waals surface area (Å²) in [5.74, 6) is -0.723. The molecule has 0 atom stereocenters. The van der Waals surface area contributed by atoms with Gasteiger partial charge in [-0.25, -0.2) is 12.8 Å². The summed E-state index contributed by atoms with van der Waals surface area (Å²) in [5.41, 5.74) is 1.25. The van der Waals surface area contributed by atoms with E-state index in [1.807, 2.05) is 6.92 Å². The third-order valence-electron chi connectivity index (χ3n) is 5.34. The van der Waals surface area contributed by atoms with Crippen molar-refractivity contribution in [2.24, 2.45) is 0 Å². The number of hydrogen-bond donors (Lipinski definition) is 0. The van der Waals surface area contributed by atoms with Gasteiger partial charge in [-0.2, -0.15) is 0 Å². The maximum atomic E-state index is 13.3. The Labute approximate surface area is 177 Å². The van der Waals surface area contributed by atoms with Gasteiger partial charge in [0.05, 0.1) is 15.5 Å². The molecule has 1 heterocycles. The Hall–Kier alpha value is -2.45. The van der Waals surface area contributed by atoms with Gasteiger partial charge in [0.15, 0.2) is 0 Å². The number of carbonyl (C=O) groups is 1. The van der Waals surface area contributed by atoms with Gasteiger partial charge >= 0.3 is 0 Å². The number of amides is 1. The van der Waals surface area contributed by atoms with E-state index in [2.05, 4.69) is 16.8 Å². The molecule has 0 radical (unpaired) electrons. The number of piperazine rings is 1. The number of hydrogen-bond acceptors (Lipinski definition) is 5. The Morgan fingerprint density at radius 3 is 2.27 bits per heavy atom. The van der Waals surface area contributed by atoms with E-state index < -0.39 is 15.7 Å². The summed E-state index contributed by atoms with van der Waals surface area (Å²) in [7, 11) is -1.86. The number of benzene rings is 2. The molecule has 0 aromatic heterocycles. The van der Waals surface area contributed by atoms with E-state index in [1.165, 1.54) is 24.0 Å². The molecule has 1 aliphatic heterocycles. The summed E-state index contributed by atoms with van der Waals surface area (Å²) < 4.78 is 40.0. The molecule has 8 heteroatoms.